The molecule has 1 saturated heterocycles. The Morgan fingerprint density at radius 3 is 1.06 bits per heavy atom. The summed E-state index contributed by atoms with van der Waals surface area (Å²) >= 11 is 0. The number of hydrogen-bond acceptors (Lipinski definition) is 6. The standard InChI is InChI=1S/C28H52O6/c1-27(2,3)21-7-9-23-25(19-21)33-17-13-29-12-16-32-24-10-8-22(28(4,5)6)20-26(24)34-18-14-30-11-15-31-23/h21-26H,7-20H2,1-6H3/t21-,22+,23-,24-,25-,26+/m1/s1. The van der Waals surface area contributed by atoms with Gasteiger partial charge in [-0.15, -0.1) is 0 Å². The third-order valence-electron chi connectivity index (χ3n) is 8.15. The second-order valence-corrected chi connectivity index (χ2v) is 12.6. The zero-order chi connectivity index (χ0) is 24.6. The molecular formula is C28H52O6. The SMILES string of the molecule is CC(C)(C)[C@@H]1CC[C@H]2OCCOCCO[C@H]3C[C@@H](C(C)(C)C)CC[C@H]3OCCOCCO[C@@H]2C1. The average molecular weight is 485 g/mol. The lowest BCUT2D eigenvalue weighted by atomic mass is 9.71. The van der Waals surface area contributed by atoms with Crippen molar-refractivity contribution < 1.29 is 28.4 Å². The minimum Gasteiger partial charge on any atom is -0.377 e. The van der Waals surface area contributed by atoms with Gasteiger partial charge in [-0.05, 0) is 61.2 Å². The van der Waals surface area contributed by atoms with E-state index in [2.05, 4.69) is 41.5 Å². The predicted octanol–water partition coefficient (Wildman–Crippen LogP) is 5.27. The molecule has 2 aliphatic carbocycles. The molecular weight excluding hydrogens is 432 g/mol. The van der Waals surface area contributed by atoms with Gasteiger partial charge in [0.05, 0.1) is 77.3 Å². The maximum atomic E-state index is 6.29. The van der Waals surface area contributed by atoms with Crippen LogP contribution in [0.3, 0.4) is 0 Å². The lowest BCUT2D eigenvalue weighted by Crippen LogP contribution is -2.43. The lowest BCUT2D eigenvalue weighted by molar-refractivity contribution is -0.142. The molecule has 0 radical (unpaired) electrons. The predicted molar refractivity (Wildman–Crippen MR) is 134 cm³/mol. The van der Waals surface area contributed by atoms with Crippen LogP contribution in [0.1, 0.15) is 80.1 Å². The Morgan fingerprint density at radius 2 is 0.735 bits per heavy atom. The van der Waals surface area contributed by atoms with E-state index in [9.17, 15) is 0 Å². The molecule has 2 saturated carbocycles. The zero-order valence-electron chi connectivity index (χ0n) is 22.8. The van der Waals surface area contributed by atoms with E-state index in [1.807, 2.05) is 0 Å². The summed E-state index contributed by atoms with van der Waals surface area (Å²) in [6.07, 6.45) is 7.08. The lowest BCUT2D eigenvalue weighted by Gasteiger charge is -2.41. The summed E-state index contributed by atoms with van der Waals surface area (Å²) in [4.78, 5) is 0. The highest BCUT2D eigenvalue weighted by Gasteiger charge is 2.38. The Hall–Kier alpha value is -0.240. The van der Waals surface area contributed by atoms with Gasteiger partial charge in [-0.25, -0.2) is 0 Å². The maximum absolute atomic E-state index is 6.29. The van der Waals surface area contributed by atoms with Gasteiger partial charge in [-0.2, -0.15) is 0 Å². The van der Waals surface area contributed by atoms with Crippen molar-refractivity contribution >= 4 is 0 Å². The molecule has 6 atom stereocenters. The van der Waals surface area contributed by atoms with E-state index in [1.165, 1.54) is 12.8 Å². The van der Waals surface area contributed by atoms with Crippen molar-refractivity contribution in [3.05, 3.63) is 0 Å². The van der Waals surface area contributed by atoms with Gasteiger partial charge < -0.3 is 28.4 Å². The van der Waals surface area contributed by atoms with Crippen molar-refractivity contribution in [3.8, 4) is 0 Å². The molecule has 0 aromatic rings. The normalized spacial score (nSPS) is 36.5. The first-order chi connectivity index (χ1) is 16.1. The highest BCUT2D eigenvalue weighted by molar-refractivity contribution is 4.88. The Kier molecular flexibility index (Phi) is 11.1. The van der Waals surface area contributed by atoms with Gasteiger partial charge in [0.1, 0.15) is 0 Å². The molecule has 1 heterocycles. The van der Waals surface area contributed by atoms with Crippen LogP contribution in [0.15, 0.2) is 0 Å². The molecule has 6 heteroatoms. The van der Waals surface area contributed by atoms with Crippen molar-refractivity contribution in [2.75, 3.05) is 52.9 Å². The first-order valence-corrected chi connectivity index (χ1v) is 13.8. The van der Waals surface area contributed by atoms with E-state index >= 15 is 0 Å². The minimum atomic E-state index is 0.124. The second kappa shape index (κ2) is 13.3. The molecule has 3 fully saturated rings. The van der Waals surface area contributed by atoms with Crippen molar-refractivity contribution in [1.82, 2.24) is 0 Å². The van der Waals surface area contributed by atoms with E-state index in [-0.39, 0.29) is 24.4 Å². The van der Waals surface area contributed by atoms with Crippen molar-refractivity contribution in [3.63, 3.8) is 0 Å². The summed E-state index contributed by atoms with van der Waals surface area (Å²) in [7, 11) is 0. The fourth-order valence-electron chi connectivity index (χ4n) is 5.75. The molecule has 0 unspecified atom stereocenters. The Morgan fingerprint density at radius 1 is 0.412 bits per heavy atom. The third kappa shape index (κ3) is 9.01. The molecule has 3 aliphatic rings. The topological polar surface area (TPSA) is 55.4 Å². The maximum Gasteiger partial charge on any atom is 0.0840 e. The Bertz CT molecular complexity index is 518. The molecule has 34 heavy (non-hydrogen) atoms. The van der Waals surface area contributed by atoms with Crippen molar-refractivity contribution in [2.45, 2.75) is 104 Å². The fraction of sp³-hybridized carbons (Fsp3) is 1.00. The molecule has 0 aromatic heterocycles. The molecule has 200 valence electrons. The number of rotatable bonds is 0. The van der Waals surface area contributed by atoms with Gasteiger partial charge in [0, 0.05) is 0 Å². The molecule has 0 amide bonds. The zero-order valence-corrected chi connectivity index (χ0v) is 22.8. The van der Waals surface area contributed by atoms with Crippen LogP contribution < -0.4 is 0 Å². The Balaban J connectivity index is 1.51. The van der Waals surface area contributed by atoms with E-state index < -0.39 is 0 Å². The Labute approximate surface area is 208 Å². The third-order valence-corrected chi connectivity index (χ3v) is 8.15. The van der Waals surface area contributed by atoms with Gasteiger partial charge in [-0.3, -0.25) is 0 Å². The van der Waals surface area contributed by atoms with Crippen LogP contribution in [0.4, 0.5) is 0 Å². The van der Waals surface area contributed by atoms with Crippen LogP contribution in [-0.2, 0) is 28.4 Å². The summed E-state index contributed by atoms with van der Waals surface area (Å²) in [6.45, 7) is 18.8. The van der Waals surface area contributed by atoms with Gasteiger partial charge in [-0.1, -0.05) is 41.5 Å². The number of fused-ring (bicyclic) bond motifs is 2. The summed E-state index contributed by atoms with van der Waals surface area (Å²) in [5.41, 5.74) is 0.586. The second-order valence-electron chi connectivity index (χ2n) is 12.6. The molecule has 0 spiro atoms. The van der Waals surface area contributed by atoms with Crippen molar-refractivity contribution in [1.29, 1.82) is 0 Å². The van der Waals surface area contributed by atoms with E-state index in [1.54, 1.807) is 0 Å². The van der Waals surface area contributed by atoms with E-state index in [0.717, 1.165) is 25.7 Å². The van der Waals surface area contributed by atoms with Crippen LogP contribution >= 0.6 is 0 Å². The molecule has 0 N–H and O–H groups in total. The van der Waals surface area contributed by atoms with Crippen LogP contribution in [0, 0.1) is 22.7 Å². The van der Waals surface area contributed by atoms with Gasteiger partial charge in [0.15, 0.2) is 0 Å². The summed E-state index contributed by atoms with van der Waals surface area (Å²) in [5.74, 6) is 1.30. The van der Waals surface area contributed by atoms with Gasteiger partial charge in [0.2, 0.25) is 0 Å². The van der Waals surface area contributed by atoms with Crippen LogP contribution in [0.5, 0.6) is 0 Å². The molecule has 3 rings (SSSR count). The van der Waals surface area contributed by atoms with Crippen molar-refractivity contribution in [2.24, 2.45) is 22.7 Å². The molecule has 1 aliphatic heterocycles. The summed E-state index contributed by atoms with van der Waals surface area (Å²) in [6, 6.07) is 0. The molecule has 0 aromatic carbocycles. The minimum absolute atomic E-state index is 0.124. The number of hydrogen-bond donors (Lipinski definition) is 0. The van der Waals surface area contributed by atoms with Crippen LogP contribution in [0.2, 0.25) is 0 Å². The molecule has 6 nitrogen and oxygen atoms in total. The highest BCUT2D eigenvalue weighted by Crippen LogP contribution is 2.41. The summed E-state index contributed by atoms with van der Waals surface area (Å²) in [5, 5.41) is 0. The average Bonchev–Trinajstić information content (AvgIpc) is 2.77. The van der Waals surface area contributed by atoms with E-state index in [4.69, 9.17) is 28.4 Å². The fourth-order valence-corrected chi connectivity index (χ4v) is 5.75. The van der Waals surface area contributed by atoms with E-state index in [0.29, 0.717) is 75.5 Å². The van der Waals surface area contributed by atoms with Crippen LogP contribution in [-0.4, -0.2) is 77.3 Å². The van der Waals surface area contributed by atoms with Crippen LogP contribution in [0.25, 0.3) is 0 Å². The highest BCUT2D eigenvalue weighted by atomic mass is 16.6. The largest absolute Gasteiger partial charge is 0.377 e. The smallest absolute Gasteiger partial charge is 0.0840 e. The number of ether oxygens (including phenoxy) is 6. The monoisotopic (exact) mass is 484 g/mol. The first kappa shape index (κ1) is 28.3. The summed E-state index contributed by atoms with van der Waals surface area (Å²) < 4.78 is 36.8. The van der Waals surface area contributed by atoms with Gasteiger partial charge in [0.25, 0.3) is 0 Å². The van der Waals surface area contributed by atoms with Gasteiger partial charge >= 0.3 is 0 Å². The quantitative estimate of drug-likeness (QED) is 0.467. The molecule has 0 bridgehead atoms. The first-order valence-electron chi connectivity index (χ1n) is 13.8.